The minimum Gasteiger partial charge on any atom is -0.485 e. The maximum Gasteiger partial charge on any atom is 0.243 e. The Morgan fingerprint density at radius 2 is 2.20 bits per heavy atom. The lowest BCUT2D eigenvalue weighted by Crippen LogP contribution is -2.28. The van der Waals surface area contributed by atoms with Crippen LogP contribution in [0.3, 0.4) is 0 Å². The van der Waals surface area contributed by atoms with E-state index in [1.807, 2.05) is 13.8 Å². The predicted octanol–water partition coefficient (Wildman–Crippen LogP) is 1.89. The zero-order valence-electron chi connectivity index (χ0n) is 14.3. The van der Waals surface area contributed by atoms with Gasteiger partial charge in [0.05, 0.1) is 12.3 Å². The van der Waals surface area contributed by atoms with Crippen LogP contribution in [0.25, 0.3) is 16.9 Å². The summed E-state index contributed by atoms with van der Waals surface area (Å²) in [5.41, 5.74) is 2.18. The Kier molecular flexibility index (Phi) is 4.22. The number of nitrogens with one attached hydrogen (secondary N) is 2. The Morgan fingerprint density at radius 3 is 2.92 bits per heavy atom. The van der Waals surface area contributed by atoms with Gasteiger partial charge in [-0.3, -0.25) is 5.10 Å². The molecule has 0 amide bonds. The highest BCUT2D eigenvalue weighted by Gasteiger charge is 2.20. The van der Waals surface area contributed by atoms with Gasteiger partial charge in [-0.1, -0.05) is 0 Å². The van der Waals surface area contributed by atoms with Crippen LogP contribution < -0.4 is 10.1 Å². The number of H-pyrrole nitrogens is 1. The molecule has 9 heteroatoms. The van der Waals surface area contributed by atoms with E-state index in [9.17, 15) is 0 Å². The normalized spacial score (nSPS) is 15.8. The number of aromatic nitrogens is 6. The van der Waals surface area contributed by atoms with Crippen LogP contribution in [-0.4, -0.2) is 55.1 Å². The molecule has 0 atom stereocenters. The third kappa shape index (κ3) is 3.27. The van der Waals surface area contributed by atoms with Gasteiger partial charge in [0.2, 0.25) is 11.6 Å². The molecular formula is C16H21N7O2. The number of fused-ring (bicyclic) bond motifs is 1. The molecule has 4 rings (SSSR count). The fraction of sp³-hybridized carbons (Fsp3) is 0.500. The summed E-state index contributed by atoms with van der Waals surface area (Å²) < 4.78 is 13.0. The zero-order valence-corrected chi connectivity index (χ0v) is 14.3. The van der Waals surface area contributed by atoms with E-state index in [4.69, 9.17) is 9.47 Å². The topological polar surface area (TPSA) is 102 Å². The van der Waals surface area contributed by atoms with Crippen LogP contribution in [0.1, 0.15) is 26.7 Å². The third-order valence-corrected chi connectivity index (χ3v) is 4.03. The van der Waals surface area contributed by atoms with Crippen molar-refractivity contribution in [2.75, 3.05) is 18.5 Å². The number of rotatable bonds is 5. The molecule has 0 aromatic carbocycles. The largest absolute Gasteiger partial charge is 0.485 e. The molecule has 4 heterocycles. The molecule has 0 unspecified atom stereocenters. The lowest BCUT2D eigenvalue weighted by molar-refractivity contribution is 0.0903. The minimum absolute atomic E-state index is 0.0118. The van der Waals surface area contributed by atoms with Crippen molar-refractivity contribution in [3.8, 4) is 17.0 Å². The first kappa shape index (κ1) is 15.8. The molecule has 1 fully saturated rings. The lowest BCUT2D eigenvalue weighted by Gasteiger charge is -2.22. The van der Waals surface area contributed by atoms with Crippen molar-refractivity contribution < 1.29 is 9.47 Å². The van der Waals surface area contributed by atoms with Gasteiger partial charge in [0.25, 0.3) is 0 Å². The molecule has 1 saturated heterocycles. The molecular weight excluding hydrogens is 322 g/mol. The quantitative estimate of drug-likeness (QED) is 0.729. The molecule has 132 valence electrons. The average molecular weight is 343 g/mol. The van der Waals surface area contributed by atoms with Gasteiger partial charge >= 0.3 is 0 Å². The van der Waals surface area contributed by atoms with Gasteiger partial charge in [0.1, 0.15) is 12.0 Å². The van der Waals surface area contributed by atoms with Gasteiger partial charge in [0, 0.05) is 31.0 Å². The van der Waals surface area contributed by atoms with E-state index >= 15 is 0 Å². The summed E-state index contributed by atoms with van der Waals surface area (Å²) in [5, 5.41) is 14.7. The molecule has 9 nitrogen and oxygen atoms in total. The SMILES string of the molecule is CC(C)Oc1c(-c2cn[nH]c2)ncn2nc(NC3CCOCC3)nc12. The average Bonchev–Trinajstić information content (AvgIpc) is 3.25. The molecule has 3 aromatic heterocycles. The molecule has 1 aliphatic rings. The predicted molar refractivity (Wildman–Crippen MR) is 91.6 cm³/mol. The van der Waals surface area contributed by atoms with Gasteiger partial charge in [-0.15, -0.1) is 5.10 Å². The van der Waals surface area contributed by atoms with E-state index in [1.54, 1.807) is 23.2 Å². The fourth-order valence-electron chi connectivity index (χ4n) is 2.85. The standard InChI is InChI=1S/C16H21N7O2/c1-10(2)25-14-13(11-7-18-19-8-11)17-9-23-15(14)21-16(22-23)20-12-3-5-24-6-4-12/h7-10,12H,3-6H2,1-2H3,(H,18,19)(H,20,22). The van der Waals surface area contributed by atoms with E-state index in [0.717, 1.165) is 31.6 Å². The molecule has 0 aliphatic carbocycles. The smallest absolute Gasteiger partial charge is 0.243 e. The highest BCUT2D eigenvalue weighted by molar-refractivity contribution is 5.73. The number of anilines is 1. The van der Waals surface area contributed by atoms with Gasteiger partial charge < -0.3 is 14.8 Å². The van der Waals surface area contributed by atoms with E-state index in [0.29, 0.717) is 29.1 Å². The van der Waals surface area contributed by atoms with E-state index in [1.165, 1.54) is 0 Å². The lowest BCUT2D eigenvalue weighted by atomic mass is 10.1. The molecule has 1 aliphatic heterocycles. The van der Waals surface area contributed by atoms with Crippen molar-refractivity contribution in [3.05, 3.63) is 18.7 Å². The Bertz CT molecular complexity index is 838. The van der Waals surface area contributed by atoms with Crippen molar-refractivity contribution in [2.45, 2.75) is 38.8 Å². The van der Waals surface area contributed by atoms with Gasteiger partial charge in [0.15, 0.2) is 5.75 Å². The summed E-state index contributed by atoms with van der Waals surface area (Å²) >= 11 is 0. The van der Waals surface area contributed by atoms with Crippen LogP contribution in [0, 0.1) is 0 Å². The molecule has 0 saturated carbocycles. The first-order chi connectivity index (χ1) is 12.2. The highest BCUT2D eigenvalue weighted by atomic mass is 16.5. The molecule has 25 heavy (non-hydrogen) atoms. The molecule has 0 spiro atoms. The summed E-state index contributed by atoms with van der Waals surface area (Å²) in [5.74, 6) is 1.18. The van der Waals surface area contributed by atoms with Crippen LogP contribution in [0.15, 0.2) is 18.7 Å². The summed E-state index contributed by atoms with van der Waals surface area (Å²) in [6.07, 6.45) is 7.02. The van der Waals surface area contributed by atoms with Gasteiger partial charge in [-0.2, -0.15) is 14.6 Å². The number of nitrogens with zero attached hydrogens (tertiary/aromatic N) is 5. The van der Waals surface area contributed by atoms with Crippen LogP contribution in [0.2, 0.25) is 0 Å². The van der Waals surface area contributed by atoms with Crippen molar-refractivity contribution in [1.82, 2.24) is 29.8 Å². The first-order valence-electron chi connectivity index (χ1n) is 8.46. The second kappa shape index (κ2) is 6.67. The van der Waals surface area contributed by atoms with Crippen molar-refractivity contribution in [2.24, 2.45) is 0 Å². The van der Waals surface area contributed by atoms with E-state index in [-0.39, 0.29) is 6.10 Å². The first-order valence-corrected chi connectivity index (χ1v) is 8.46. The monoisotopic (exact) mass is 343 g/mol. The number of hydrogen-bond acceptors (Lipinski definition) is 7. The molecule has 3 aromatic rings. The maximum absolute atomic E-state index is 6.01. The number of hydrogen-bond donors (Lipinski definition) is 2. The van der Waals surface area contributed by atoms with Crippen LogP contribution in [0.4, 0.5) is 5.95 Å². The minimum atomic E-state index is -0.0118. The van der Waals surface area contributed by atoms with Crippen molar-refractivity contribution in [1.29, 1.82) is 0 Å². The van der Waals surface area contributed by atoms with E-state index < -0.39 is 0 Å². The Labute approximate surface area is 144 Å². The van der Waals surface area contributed by atoms with Gasteiger partial charge in [-0.25, -0.2) is 4.98 Å². The zero-order chi connectivity index (χ0) is 17.2. The fourth-order valence-corrected chi connectivity index (χ4v) is 2.85. The summed E-state index contributed by atoms with van der Waals surface area (Å²) in [4.78, 5) is 9.12. The maximum atomic E-state index is 6.01. The van der Waals surface area contributed by atoms with Crippen molar-refractivity contribution >= 4 is 11.6 Å². The number of ether oxygens (including phenoxy) is 2. The summed E-state index contributed by atoms with van der Waals surface area (Å²) in [7, 11) is 0. The van der Waals surface area contributed by atoms with Crippen LogP contribution in [0.5, 0.6) is 5.75 Å². The Balaban J connectivity index is 1.72. The Hall–Kier alpha value is -2.68. The Morgan fingerprint density at radius 1 is 1.36 bits per heavy atom. The van der Waals surface area contributed by atoms with Crippen LogP contribution >= 0.6 is 0 Å². The molecule has 0 radical (unpaired) electrons. The van der Waals surface area contributed by atoms with Crippen molar-refractivity contribution in [3.63, 3.8) is 0 Å². The second-order valence-corrected chi connectivity index (χ2v) is 6.31. The summed E-state index contributed by atoms with van der Waals surface area (Å²) in [6.45, 7) is 5.47. The van der Waals surface area contributed by atoms with E-state index in [2.05, 4.69) is 30.6 Å². The highest BCUT2D eigenvalue weighted by Crippen LogP contribution is 2.31. The van der Waals surface area contributed by atoms with Crippen LogP contribution in [-0.2, 0) is 4.74 Å². The molecule has 2 N–H and O–H groups in total. The second-order valence-electron chi connectivity index (χ2n) is 6.31. The third-order valence-electron chi connectivity index (χ3n) is 4.03. The van der Waals surface area contributed by atoms with Gasteiger partial charge in [-0.05, 0) is 26.7 Å². The molecule has 0 bridgehead atoms. The number of aromatic amines is 1. The summed E-state index contributed by atoms with van der Waals surface area (Å²) in [6, 6.07) is 0.321.